The zero-order valence-electron chi connectivity index (χ0n) is 22.2. The number of rotatable bonds is 7. The quantitative estimate of drug-likeness (QED) is 0.302. The summed E-state index contributed by atoms with van der Waals surface area (Å²) in [4.78, 5) is 42.8. The lowest BCUT2D eigenvalue weighted by atomic mass is 10.1. The second-order valence-electron chi connectivity index (χ2n) is 9.76. The summed E-state index contributed by atoms with van der Waals surface area (Å²) in [6.07, 6.45) is 3.12. The van der Waals surface area contributed by atoms with Crippen molar-refractivity contribution in [3.05, 3.63) is 129 Å². The lowest BCUT2D eigenvalue weighted by molar-refractivity contribution is 0.0697. The van der Waals surface area contributed by atoms with Crippen molar-refractivity contribution in [2.24, 2.45) is 7.05 Å². The number of fused-ring (bicyclic) bond motifs is 2. The molecule has 0 atom stereocenters. The fourth-order valence-electron chi connectivity index (χ4n) is 5.05. The third-order valence-electron chi connectivity index (χ3n) is 7.06. The summed E-state index contributed by atoms with van der Waals surface area (Å²) >= 11 is 0. The molecule has 1 N–H and O–H groups in total. The van der Waals surface area contributed by atoms with Crippen LogP contribution in [-0.4, -0.2) is 42.8 Å². The molecule has 0 unspecified atom stereocenters. The smallest absolute Gasteiger partial charge is 0.335 e. The molecule has 0 aliphatic heterocycles. The van der Waals surface area contributed by atoms with Gasteiger partial charge >= 0.3 is 11.7 Å². The molecule has 0 bridgehead atoms. The summed E-state index contributed by atoms with van der Waals surface area (Å²) in [5, 5.41) is 15.5. The fourth-order valence-corrected chi connectivity index (χ4v) is 6.49. The Bertz CT molecular complexity index is 2250. The first kappa shape index (κ1) is 26.8. The zero-order chi connectivity index (χ0) is 29.6. The molecule has 42 heavy (non-hydrogen) atoms. The Kier molecular flexibility index (Phi) is 6.54. The second kappa shape index (κ2) is 10.2. The maximum atomic E-state index is 14.2. The standard InChI is InChI=1S/C30H23N5O6S/c1-33-28(36)25-26(21-10-5-11-22(15-21)29(37)38)35(32-27(25)34(30(33)39)17-19-7-6-14-31-16-19)42(40,41)18-23-12-4-9-20-8-2-3-13-24(20)23/h2-16H,17-18H2,1H3,(H,37,38). The Morgan fingerprint density at radius 2 is 1.71 bits per heavy atom. The molecular weight excluding hydrogens is 558 g/mol. The summed E-state index contributed by atoms with van der Waals surface area (Å²) in [5.74, 6) is -1.70. The number of benzene rings is 3. The van der Waals surface area contributed by atoms with Crippen LogP contribution in [0.4, 0.5) is 0 Å². The summed E-state index contributed by atoms with van der Waals surface area (Å²) in [6.45, 7) is -0.0354. The van der Waals surface area contributed by atoms with Crippen LogP contribution in [0.15, 0.2) is 101 Å². The molecule has 12 heteroatoms. The van der Waals surface area contributed by atoms with Crippen molar-refractivity contribution in [2.45, 2.75) is 12.3 Å². The van der Waals surface area contributed by atoms with E-state index in [0.717, 1.165) is 19.4 Å². The number of aromatic carboxylic acids is 1. The van der Waals surface area contributed by atoms with Crippen LogP contribution in [-0.2, 0) is 29.4 Å². The van der Waals surface area contributed by atoms with Gasteiger partial charge < -0.3 is 5.11 Å². The van der Waals surface area contributed by atoms with E-state index in [4.69, 9.17) is 0 Å². The third-order valence-corrected chi connectivity index (χ3v) is 8.52. The van der Waals surface area contributed by atoms with Gasteiger partial charge in [-0.1, -0.05) is 60.7 Å². The molecule has 3 heterocycles. The monoisotopic (exact) mass is 581 g/mol. The zero-order valence-corrected chi connectivity index (χ0v) is 23.0. The van der Waals surface area contributed by atoms with Gasteiger partial charge in [0.05, 0.1) is 17.9 Å². The first-order valence-electron chi connectivity index (χ1n) is 12.8. The largest absolute Gasteiger partial charge is 0.478 e. The lowest BCUT2D eigenvalue weighted by Gasteiger charge is -2.11. The summed E-state index contributed by atoms with van der Waals surface area (Å²) < 4.78 is 31.2. The molecule has 3 aromatic carbocycles. The molecule has 6 aromatic rings. The van der Waals surface area contributed by atoms with Crippen LogP contribution in [0.5, 0.6) is 0 Å². The molecule has 0 amide bonds. The van der Waals surface area contributed by atoms with Gasteiger partial charge in [0.25, 0.3) is 15.6 Å². The fraction of sp³-hybridized carbons (Fsp3) is 0.100. The Morgan fingerprint density at radius 1 is 0.952 bits per heavy atom. The number of hydrogen-bond acceptors (Lipinski definition) is 7. The maximum absolute atomic E-state index is 14.2. The van der Waals surface area contributed by atoms with Gasteiger partial charge in [0.1, 0.15) is 11.1 Å². The highest BCUT2D eigenvalue weighted by Gasteiger charge is 2.29. The van der Waals surface area contributed by atoms with E-state index in [1.54, 1.807) is 36.7 Å². The minimum Gasteiger partial charge on any atom is -0.478 e. The molecule has 0 saturated carbocycles. The Morgan fingerprint density at radius 3 is 2.48 bits per heavy atom. The number of carbonyl (C=O) groups is 1. The van der Waals surface area contributed by atoms with E-state index in [1.165, 1.54) is 35.9 Å². The Balaban J connectivity index is 1.67. The van der Waals surface area contributed by atoms with Crippen molar-refractivity contribution in [3.63, 3.8) is 0 Å². The van der Waals surface area contributed by atoms with Crippen LogP contribution in [0.2, 0.25) is 0 Å². The van der Waals surface area contributed by atoms with Crippen LogP contribution in [0.3, 0.4) is 0 Å². The van der Waals surface area contributed by atoms with E-state index >= 15 is 0 Å². The lowest BCUT2D eigenvalue weighted by Crippen LogP contribution is -2.38. The average Bonchev–Trinajstić information content (AvgIpc) is 3.41. The molecule has 0 saturated heterocycles. The highest BCUT2D eigenvalue weighted by atomic mass is 32.2. The van der Waals surface area contributed by atoms with Gasteiger partial charge in [-0.25, -0.2) is 18.0 Å². The van der Waals surface area contributed by atoms with E-state index in [-0.39, 0.29) is 34.4 Å². The predicted octanol–water partition coefficient (Wildman–Crippen LogP) is 3.24. The number of nitrogens with zero attached hydrogens (tertiary/aromatic N) is 5. The third kappa shape index (κ3) is 4.57. The average molecular weight is 582 g/mol. The van der Waals surface area contributed by atoms with Crippen LogP contribution < -0.4 is 11.2 Å². The molecule has 11 nitrogen and oxygen atoms in total. The molecule has 0 aliphatic carbocycles. The predicted molar refractivity (Wildman–Crippen MR) is 157 cm³/mol. The van der Waals surface area contributed by atoms with E-state index in [2.05, 4.69) is 10.1 Å². The molecule has 0 spiro atoms. The molecular formula is C30H23N5O6S. The normalized spacial score (nSPS) is 11.7. The maximum Gasteiger partial charge on any atom is 0.335 e. The van der Waals surface area contributed by atoms with Crippen LogP contribution in [0.25, 0.3) is 33.1 Å². The van der Waals surface area contributed by atoms with Gasteiger partial charge in [0.2, 0.25) is 0 Å². The van der Waals surface area contributed by atoms with Crippen LogP contribution >= 0.6 is 0 Å². The topological polar surface area (TPSA) is 146 Å². The van der Waals surface area contributed by atoms with E-state index in [9.17, 15) is 27.9 Å². The molecule has 3 aromatic heterocycles. The van der Waals surface area contributed by atoms with Gasteiger partial charge in [-0.05, 0) is 40.1 Å². The highest BCUT2D eigenvalue weighted by Crippen LogP contribution is 2.30. The minimum absolute atomic E-state index is 0.0354. The van der Waals surface area contributed by atoms with Gasteiger partial charge in [0.15, 0.2) is 5.65 Å². The molecule has 0 aliphatic rings. The van der Waals surface area contributed by atoms with Crippen molar-refractivity contribution < 1.29 is 18.3 Å². The molecule has 0 radical (unpaired) electrons. The summed E-state index contributed by atoms with van der Waals surface area (Å²) in [7, 11) is -3.03. The second-order valence-corrected chi connectivity index (χ2v) is 11.6. The van der Waals surface area contributed by atoms with Crippen LogP contribution in [0.1, 0.15) is 21.5 Å². The molecule has 6 rings (SSSR count). The van der Waals surface area contributed by atoms with Crippen molar-refractivity contribution in [1.82, 2.24) is 23.3 Å². The summed E-state index contributed by atoms with van der Waals surface area (Å²) in [5.41, 5.74) is -0.570. The Labute approximate surface area is 238 Å². The minimum atomic E-state index is -4.33. The van der Waals surface area contributed by atoms with E-state index in [1.807, 2.05) is 30.3 Å². The number of carboxylic acid groups (broad SMARTS) is 1. The van der Waals surface area contributed by atoms with Crippen molar-refractivity contribution in [1.29, 1.82) is 0 Å². The van der Waals surface area contributed by atoms with Gasteiger partial charge in [0, 0.05) is 25.0 Å². The number of aromatic nitrogens is 5. The number of carboxylic acids is 1. The van der Waals surface area contributed by atoms with Crippen molar-refractivity contribution in [3.8, 4) is 11.3 Å². The Hall–Kier alpha value is -5.36. The number of pyridine rings is 1. The van der Waals surface area contributed by atoms with Crippen LogP contribution in [0, 0.1) is 0 Å². The van der Waals surface area contributed by atoms with E-state index < -0.39 is 33.0 Å². The summed E-state index contributed by atoms with van der Waals surface area (Å²) in [6, 6.07) is 21.7. The van der Waals surface area contributed by atoms with Gasteiger partial charge in [-0.3, -0.25) is 18.9 Å². The van der Waals surface area contributed by atoms with Crippen molar-refractivity contribution >= 4 is 37.8 Å². The SMILES string of the molecule is Cn1c(=O)c2c(-c3cccc(C(=O)O)c3)n(S(=O)(=O)Cc3cccc4ccccc34)nc2n(Cc2cccnc2)c1=O. The van der Waals surface area contributed by atoms with Gasteiger partial charge in [-0.2, -0.15) is 4.09 Å². The highest BCUT2D eigenvalue weighted by molar-refractivity contribution is 7.89. The van der Waals surface area contributed by atoms with Crippen molar-refractivity contribution in [2.75, 3.05) is 0 Å². The molecule has 0 fully saturated rings. The number of hydrogen-bond donors (Lipinski definition) is 1. The molecule has 210 valence electrons. The van der Waals surface area contributed by atoms with E-state index in [0.29, 0.717) is 11.1 Å². The first-order chi connectivity index (χ1) is 20.2. The first-order valence-corrected chi connectivity index (χ1v) is 14.4. The van der Waals surface area contributed by atoms with Gasteiger partial charge in [-0.15, -0.1) is 5.10 Å².